The van der Waals surface area contributed by atoms with Crippen LogP contribution in [0.3, 0.4) is 0 Å². The van der Waals surface area contributed by atoms with Crippen LogP contribution in [0.1, 0.15) is 69.8 Å². The summed E-state index contributed by atoms with van der Waals surface area (Å²) in [6.07, 6.45) is 8.13. The van der Waals surface area contributed by atoms with Crippen LogP contribution in [0.2, 0.25) is 0 Å². The van der Waals surface area contributed by atoms with Gasteiger partial charge < -0.3 is 10.2 Å². The highest BCUT2D eigenvalue weighted by molar-refractivity contribution is 5.75. The van der Waals surface area contributed by atoms with E-state index < -0.39 is 0 Å². The zero-order valence-corrected chi connectivity index (χ0v) is 15.0. The van der Waals surface area contributed by atoms with Gasteiger partial charge in [-0.2, -0.15) is 5.10 Å². The third-order valence-corrected chi connectivity index (χ3v) is 5.03. The molecule has 1 heterocycles. The van der Waals surface area contributed by atoms with E-state index in [2.05, 4.69) is 5.32 Å². The Bertz CT molecular complexity index is 579. The summed E-state index contributed by atoms with van der Waals surface area (Å²) in [6, 6.07) is 0.415. The number of aryl methyl sites for hydroxylation is 1. The molecule has 0 bridgehead atoms. The maximum atomic E-state index is 12.8. The van der Waals surface area contributed by atoms with Crippen molar-refractivity contribution in [2.75, 3.05) is 0 Å². The van der Waals surface area contributed by atoms with Crippen LogP contribution in [-0.4, -0.2) is 32.3 Å². The van der Waals surface area contributed by atoms with Gasteiger partial charge in [0.05, 0.1) is 12.2 Å². The van der Waals surface area contributed by atoms with E-state index in [-0.39, 0.29) is 11.6 Å². The number of amides is 2. The topological polar surface area (TPSA) is 50.2 Å². The number of hydrogen-bond donors (Lipinski definition) is 1. The fraction of sp³-hybridized carbons (Fsp3) is 0.778. The minimum Gasteiger partial charge on any atom is -0.333 e. The average molecular weight is 318 g/mol. The molecular formula is C18H30N4O. The van der Waals surface area contributed by atoms with Crippen LogP contribution in [0.15, 0.2) is 0 Å². The molecule has 0 aliphatic heterocycles. The highest BCUT2D eigenvalue weighted by Gasteiger charge is 2.31. The number of rotatable bonds is 3. The first-order valence-corrected chi connectivity index (χ1v) is 8.97. The maximum Gasteiger partial charge on any atom is 0.318 e. The van der Waals surface area contributed by atoms with Crippen LogP contribution >= 0.6 is 0 Å². The van der Waals surface area contributed by atoms with Crippen molar-refractivity contribution in [3.8, 4) is 0 Å². The van der Waals surface area contributed by atoms with Crippen LogP contribution in [0.25, 0.3) is 0 Å². The van der Waals surface area contributed by atoms with E-state index in [0.717, 1.165) is 31.4 Å². The van der Waals surface area contributed by atoms with Crippen molar-refractivity contribution in [2.45, 2.75) is 83.8 Å². The largest absolute Gasteiger partial charge is 0.333 e. The Morgan fingerprint density at radius 2 is 1.96 bits per heavy atom. The molecule has 1 fully saturated rings. The molecule has 0 spiro atoms. The highest BCUT2D eigenvalue weighted by Crippen LogP contribution is 2.29. The summed E-state index contributed by atoms with van der Waals surface area (Å²) in [5.74, 6) is 0. The Morgan fingerprint density at radius 1 is 1.26 bits per heavy atom. The lowest BCUT2D eigenvalue weighted by Gasteiger charge is -2.32. The van der Waals surface area contributed by atoms with Gasteiger partial charge >= 0.3 is 6.03 Å². The van der Waals surface area contributed by atoms with Crippen LogP contribution in [0.4, 0.5) is 4.79 Å². The average Bonchev–Trinajstić information content (AvgIpc) is 3.13. The van der Waals surface area contributed by atoms with Gasteiger partial charge in [-0.05, 0) is 58.4 Å². The highest BCUT2D eigenvalue weighted by atomic mass is 16.2. The van der Waals surface area contributed by atoms with E-state index in [1.54, 1.807) is 0 Å². The summed E-state index contributed by atoms with van der Waals surface area (Å²) in [5, 5.41) is 7.86. The molecule has 2 aliphatic carbocycles. The van der Waals surface area contributed by atoms with Crippen molar-refractivity contribution in [1.82, 2.24) is 20.0 Å². The number of hydrogen-bond acceptors (Lipinski definition) is 2. The second-order valence-corrected chi connectivity index (χ2v) is 8.10. The van der Waals surface area contributed by atoms with E-state index in [1.807, 2.05) is 37.4 Å². The first kappa shape index (κ1) is 16.3. The van der Waals surface area contributed by atoms with E-state index >= 15 is 0 Å². The molecule has 2 aliphatic rings. The first-order chi connectivity index (χ1) is 10.8. The molecule has 128 valence electrons. The number of nitrogens with zero attached hydrogens (tertiary/aromatic N) is 3. The van der Waals surface area contributed by atoms with Gasteiger partial charge in [0.2, 0.25) is 0 Å². The summed E-state index contributed by atoms with van der Waals surface area (Å²) >= 11 is 0. The second kappa shape index (κ2) is 6.17. The van der Waals surface area contributed by atoms with Gasteiger partial charge in [0.25, 0.3) is 0 Å². The zero-order valence-electron chi connectivity index (χ0n) is 15.0. The SMILES string of the molecule is Cn1nc(CN(C(=O)NC(C)(C)C)C2CCCC2)c2c1CCC2. The third-order valence-electron chi connectivity index (χ3n) is 5.03. The van der Waals surface area contributed by atoms with Crippen molar-refractivity contribution < 1.29 is 4.79 Å². The molecule has 23 heavy (non-hydrogen) atoms. The third kappa shape index (κ3) is 3.54. The number of aromatic nitrogens is 2. The Labute approximate surface area is 139 Å². The summed E-state index contributed by atoms with van der Waals surface area (Å²) in [5.41, 5.74) is 3.65. The van der Waals surface area contributed by atoms with Crippen LogP contribution in [0.5, 0.6) is 0 Å². The Morgan fingerprint density at radius 3 is 2.61 bits per heavy atom. The lowest BCUT2D eigenvalue weighted by atomic mass is 10.1. The van der Waals surface area contributed by atoms with Crippen LogP contribution in [0, 0.1) is 0 Å². The smallest absolute Gasteiger partial charge is 0.318 e. The van der Waals surface area contributed by atoms with Crippen LogP contribution in [-0.2, 0) is 26.4 Å². The molecule has 5 nitrogen and oxygen atoms in total. The van der Waals surface area contributed by atoms with Gasteiger partial charge in [-0.25, -0.2) is 4.79 Å². The fourth-order valence-electron chi connectivity index (χ4n) is 3.96. The number of fused-ring (bicyclic) bond motifs is 1. The van der Waals surface area contributed by atoms with E-state index in [4.69, 9.17) is 5.10 Å². The fourth-order valence-corrected chi connectivity index (χ4v) is 3.96. The predicted molar refractivity (Wildman–Crippen MR) is 91.3 cm³/mol. The summed E-state index contributed by atoms with van der Waals surface area (Å²) < 4.78 is 2.02. The van der Waals surface area contributed by atoms with E-state index in [1.165, 1.54) is 30.5 Å². The van der Waals surface area contributed by atoms with Gasteiger partial charge in [0.15, 0.2) is 0 Å². The molecule has 1 N–H and O–H groups in total. The molecule has 5 heteroatoms. The van der Waals surface area contributed by atoms with Crippen molar-refractivity contribution in [1.29, 1.82) is 0 Å². The number of carbonyl (C=O) groups excluding carboxylic acids is 1. The van der Waals surface area contributed by atoms with E-state index in [0.29, 0.717) is 12.6 Å². The van der Waals surface area contributed by atoms with Gasteiger partial charge in [-0.1, -0.05) is 12.8 Å². The number of urea groups is 1. The van der Waals surface area contributed by atoms with Gasteiger partial charge in [-0.15, -0.1) is 0 Å². The van der Waals surface area contributed by atoms with Gasteiger partial charge in [0, 0.05) is 24.3 Å². The van der Waals surface area contributed by atoms with Crippen molar-refractivity contribution in [3.63, 3.8) is 0 Å². The molecular weight excluding hydrogens is 288 g/mol. The number of carbonyl (C=O) groups is 1. The standard InChI is InChI=1S/C18H30N4O/c1-18(2,3)19-17(23)22(13-8-5-6-9-13)12-15-14-10-7-11-16(14)21(4)20-15/h13H,5-12H2,1-4H3,(H,19,23). The van der Waals surface area contributed by atoms with Gasteiger partial charge in [0.1, 0.15) is 0 Å². The monoisotopic (exact) mass is 318 g/mol. The molecule has 1 saturated carbocycles. The van der Waals surface area contributed by atoms with Gasteiger partial charge in [-0.3, -0.25) is 4.68 Å². The normalized spacial score (nSPS) is 18.3. The second-order valence-electron chi connectivity index (χ2n) is 8.10. The molecule has 3 rings (SSSR count). The minimum absolute atomic E-state index is 0.0572. The molecule has 1 aromatic heterocycles. The Kier molecular flexibility index (Phi) is 4.39. The van der Waals surface area contributed by atoms with E-state index in [9.17, 15) is 4.79 Å². The predicted octanol–water partition coefficient (Wildman–Crippen LogP) is 3.16. The number of nitrogens with one attached hydrogen (secondary N) is 1. The van der Waals surface area contributed by atoms with Crippen LogP contribution < -0.4 is 5.32 Å². The molecule has 2 amide bonds. The van der Waals surface area contributed by atoms with Crippen molar-refractivity contribution in [2.24, 2.45) is 7.05 Å². The molecule has 0 saturated heterocycles. The maximum absolute atomic E-state index is 12.8. The summed E-state index contributed by atoms with van der Waals surface area (Å²) in [7, 11) is 2.03. The molecule has 1 aromatic rings. The lowest BCUT2D eigenvalue weighted by Crippen LogP contribution is -2.51. The Balaban J connectivity index is 1.81. The quantitative estimate of drug-likeness (QED) is 0.930. The lowest BCUT2D eigenvalue weighted by molar-refractivity contribution is 0.161. The minimum atomic E-state index is -0.208. The molecule has 0 unspecified atom stereocenters. The summed E-state index contributed by atoms with van der Waals surface area (Å²) in [6.45, 7) is 6.76. The zero-order chi connectivity index (χ0) is 16.6. The molecule has 0 atom stereocenters. The summed E-state index contributed by atoms with van der Waals surface area (Å²) in [4.78, 5) is 14.9. The molecule has 0 radical (unpaired) electrons. The molecule has 0 aromatic carbocycles. The van der Waals surface area contributed by atoms with Crippen molar-refractivity contribution >= 4 is 6.03 Å². The Hall–Kier alpha value is -1.52. The first-order valence-electron chi connectivity index (χ1n) is 8.97. The van der Waals surface area contributed by atoms with Crippen molar-refractivity contribution in [3.05, 3.63) is 17.0 Å².